The lowest BCUT2D eigenvalue weighted by Gasteiger charge is -2.45. The number of likely N-dealkylation sites (tertiary alicyclic amines) is 2. The Labute approximate surface area is 183 Å². The molecule has 10 nitrogen and oxygen atoms in total. The van der Waals surface area contributed by atoms with Gasteiger partial charge in [-0.05, 0) is 12.1 Å². The van der Waals surface area contributed by atoms with Gasteiger partial charge in [0, 0.05) is 49.7 Å². The number of carbonyl (C=O) groups is 2. The Hall–Kier alpha value is -4.13. The van der Waals surface area contributed by atoms with Gasteiger partial charge in [-0.25, -0.2) is 4.52 Å². The molecule has 2 amide bonds. The molecular formula is C22H21N7O3. The number of methoxy groups -OCH3 is 1. The summed E-state index contributed by atoms with van der Waals surface area (Å²) in [6.07, 6.45) is 8.33. The topological polar surface area (TPSA) is 109 Å². The molecule has 0 radical (unpaired) electrons. The minimum absolute atomic E-state index is 0.0870. The van der Waals surface area contributed by atoms with Crippen molar-refractivity contribution in [1.82, 2.24) is 29.2 Å². The lowest BCUT2D eigenvalue weighted by molar-refractivity contribution is -0.150. The van der Waals surface area contributed by atoms with Gasteiger partial charge in [-0.2, -0.15) is 15.5 Å². The van der Waals surface area contributed by atoms with Crippen LogP contribution < -0.4 is 4.74 Å². The molecule has 0 spiro atoms. The first-order valence-electron chi connectivity index (χ1n) is 10.2. The van der Waals surface area contributed by atoms with Crippen molar-refractivity contribution in [3.63, 3.8) is 0 Å². The molecule has 0 bridgehead atoms. The quantitative estimate of drug-likeness (QED) is 0.560. The van der Waals surface area contributed by atoms with Crippen molar-refractivity contribution >= 4 is 17.3 Å². The zero-order chi connectivity index (χ0) is 22.4. The van der Waals surface area contributed by atoms with Crippen molar-refractivity contribution in [1.29, 1.82) is 5.26 Å². The monoisotopic (exact) mass is 431 g/mol. The van der Waals surface area contributed by atoms with Crippen LogP contribution in [0.2, 0.25) is 0 Å². The summed E-state index contributed by atoms with van der Waals surface area (Å²) in [6.45, 7) is 5.58. The fourth-order valence-electron chi connectivity index (χ4n) is 4.17. The number of nitriles is 1. The number of ether oxygens (including phenoxy) is 1. The van der Waals surface area contributed by atoms with E-state index in [9.17, 15) is 14.9 Å². The number of pyridine rings is 1. The molecule has 0 aliphatic carbocycles. The summed E-state index contributed by atoms with van der Waals surface area (Å²) in [4.78, 5) is 27.6. The highest BCUT2D eigenvalue weighted by Crippen LogP contribution is 2.31. The maximum absolute atomic E-state index is 12.6. The second-order valence-electron chi connectivity index (χ2n) is 8.01. The van der Waals surface area contributed by atoms with Crippen LogP contribution in [0.3, 0.4) is 0 Å². The Morgan fingerprint density at radius 3 is 2.62 bits per heavy atom. The van der Waals surface area contributed by atoms with E-state index >= 15 is 0 Å². The molecule has 2 fully saturated rings. The van der Waals surface area contributed by atoms with Crippen molar-refractivity contribution in [3.05, 3.63) is 49.1 Å². The minimum atomic E-state index is -0.131. The number of hydrogen-bond acceptors (Lipinski definition) is 6. The molecule has 2 saturated heterocycles. The molecular weight excluding hydrogens is 410 g/mol. The maximum atomic E-state index is 12.6. The van der Waals surface area contributed by atoms with Crippen LogP contribution in [-0.2, 0) is 9.59 Å². The van der Waals surface area contributed by atoms with Gasteiger partial charge in [0.25, 0.3) is 0 Å². The normalized spacial score (nSPS) is 16.4. The van der Waals surface area contributed by atoms with Gasteiger partial charge in [0.2, 0.25) is 11.8 Å². The Kier molecular flexibility index (Phi) is 4.66. The molecule has 2 aliphatic heterocycles. The summed E-state index contributed by atoms with van der Waals surface area (Å²) < 4.78 is 8.97. The smallest absolute Gasteiger partial charge is 0.246 e. The number of fused-ring (bicyclic) bond motifs is 1. The SMILES string of the molecule is C=CC(=O)N1CC(C(=O)N2CC(n3cc(-c4cc(OC)c5c(C#N)cnn5c4)cn3)C2)C1. The van der Waals surface area contributed by atoms with Gasteiger partial charge in [0.15, 0.2) is 0 Å². The number of nitrogens with zero attached hydrogens (tertiary/aromatic N) is 7. The van der Waals surface area contributed by atoms with E-state index in [1.165, 1.54) is 12.3 Å². The van der Waals surface area contributed by atoms with Crippen LogP contribution in [0.15, 0.2) is 43.5 Å². The zero-order valence-corrected chi connectivity index (χ0v) is 17.5. The first-order chi connectivity index (χ1) is 15.5. The standard InChI is InChI=1S/C22H21N7O3/c1-3-20(30)26-8-17(9-26)22(31)27-12-18(13-27)28-11-16(7-24-28)14-4-19(32-2)21-15(5-23)6-25-29(21)10-14/h3-4,6-7,10-11,17-18H,1,8-9,12-13H2,2H3. The molecule has 0 aromatic carbocycles. The highest BCUT2D eigenvalue weighted by molar-refractivity contribution is 5.90. The van der Waals surface area contributed by atoms with Crippen molar-refractivity contribution in [2.24, 2.45) is 5.92 Å². The molecule has 0 unspecified atom stereocenters. The molecule has 10 heteroatoms. The predicted octanol–water partition coefficient (Wildman–Crippen LogP) is 1.11. The van der Waals surface area contributed by atoms with E-state index in [1.54, 1.807) is 22.7 Å². The summed E-state index contributed by atoms with van der Waals surface area (Å²) >= 11 is 0. The van der Waals surface area contributed by atoms with Crippen LogP contribution in [0.25, 0.3) is 16.6 Å². The minimum Gasteiger partial charge on any atom is -0.494 e. The van der Waals surface area contributed by atoms with Gasteiger partial charge in [-0.15, -0.1) is 0 Å². The number of aromatic nitrogens is 4. The molecule has 2 aliphatic rings. The van der Waals surface area contributed by atoms with Crippen LogP contribution in [-0.4, -0.2) is 74.3 Å². The second kappa shape index (κ2) is 7.53. The summed E-state index contributed by atoms with van der Waals surface area (Å²) in [5, 5.41) is 18.0. The summed E-state index contributed by atoms with van der Waals surface area (Å²) in [5.41, 5.74) is 2.83. The molecule has 3 aromatic rings. The lowest BCUT2D eigenvalue weighted by atomic mass is 9.95. The summed E-state index contributed by atoms with van der Waals surface area (Å²) in [5.74, 6) is 0.395. The summed E-state index contributed by atoms with van der Waals surface area (Å²) in [7, 11) is 1.56. The van der Waals surface area contributed by atoms with Crippen LogP contribution in [0.1, 0.15) is 11.6 Å². The third-order valence-corrected chi connectivity index (χ3v) is 6.12. The van der Waals surface area contributed by atoms with Crippen molar-refractivity contribution in [2.75, 3.05) is 33.3 Å². The van der Waals surface area contributed by atoms with E-state index in [-0.39, 0.29) is 23.8 Å². The van der Waals surface area contributed by atoms with Gasteiger partial charge < -0.3 is 14.5 Å². The molecule has 0 N–H and O–H groups in total. The highest BCUT2D eigenvalue weighted by atomic mass is 16.5. The van der Waals surface area contributed by atoms with E-state index in [0.717, 1.165) is 11.1 Å². The molecule has 0 atom stereocenters. The van der Waals surface area contributed by atoms with Gasteiger partial charge in [-0.1, -0.05) is 6.58 Å². The molecule has 0 saturated carbocycles. The van der Waals surface area contributed by atoms with Crippen LogP contribution >= 0.6 is 0 Å². The lowest BCUT2D eigenvalue weighted by Crippen LogP contribution is -2.60. The van der Waals surface area contributed by atoms with E-state index in [4.69, 9.17) is 4.74 Å². The first kappa shape index (κ1) is 19.8. The van der Waals surface area contributed by atoms with Crippen molar-refractivity contribution in [2.45, 2.75) is 6.04 Å². The number of carbonyl (C=O) groups excluding carboxylic acids is 2. The van der Waals surface area contributed by atoms with E-state index in [0.29, 0.717) is 43.0 Å². The molecule has 5 heterocycles. The number of amides is 2. The summed E-state index contributed by atoms with van der Waals surface area (Å²) in [6, 6.07) is 4.10. The number of rotatable bonds is 5. The van der Waals surface area contributed by atoms with Gasteiger partial charge in [0.1, 0.15) is 22.9 Å². The fraction of sp³-hybridized carbons (Fsp3) is 0.318. The van der Waals surface area contributed by atoms with Gasteiger partial charge >= 0.3 is 0 Å². The molecule has 3 aromatic heterocycles. The second-order valence-corrected chi connectivity index (χ2v) is 8.01. The fourth-order valence-corrected chi connectivity index (χ4v) is 4.17. The van der Waals surface area contributed by atoms with Crippen molar-refractivity contribution < 1.29 is 14.3 Å². The Balaban J connectivity index is 1.26. The average Bonchev–Trinajstić information content (AvgIpc) is 3.37. The van der Waals surface area contributed by atoms with Crippen LogP contribution in [0.5, 0.6) is 5.75 Å². The third-order valence-electron chi connectivity index (χ3n) is 6.12. The molecule has 32 heavy (non-hydrogen) atoms. The van der Waals surface area contributed by atoms with Gasteiger partial charge in [-0.3, -0.25) is 14.3 Å². The van der Waals surface area contributed by atoms with Gasteiger partial charge in [0.05, 0.1) is 31.5 Å². The van der Waals surface area contributed by atoms with E-state index in [1.807, 2.05) is 28.0 Å². The third kappa shape index (κ3) is 3.10. The average molecular weight is 431 g/mol. The Morgan fingerprint density at radius 1 is 1.16 bits per heavy atom. The Bertz CT molecular complexity index is 1270. The predicted molar refractivity (Wildman–Crippen MR) is 114 cm³/mol. The largest absolute Gasteiger partial charge is 0.494 e. The van der Waals surface area contributed by atoms with Crippen molar-refractivity contribution in [3.8, 4) is 22.9 Å². The van der Waals surface area contributed by atoms with Crippen LogP contribution in [0, 0.1) is 17.2 Å². The van der Waals surface area contributed by atoms with E-state index in [2.05, 4.69) is 22.8 Å². The highest BCUT2D eigenvalue weighted by Gasteiger charge is 2.41. The van der Waals surface area contributed by atoms with Crippen LogP contribution in [0.4, 0.5) is 0 Å². The molecule has 162 valence electrons. The molecule has 5 rings (SSSR count). The first-order valence-corrected chi connectivity index (χ1v) is 10.2. The zero-order valence-electron chi connectivity index (χ0n) is 17.5. The maximum Gasteiger partial charge on any atom is 0.246 e. The Morgan fingerprint density at radius 2 is 1.94 bits per heavy atom. The van der Waals surface area contributed by atoms with E-state index < -0.39 is 0 Å². The number of hydrogen-bond donors (Lipinski definition) is 0.